The first-order valence-electron chi connectivity index (χ1n) is 25.0. The second kappa shape index (κ2) is 18.8. The number of aliphatic hydroxyl groups excluding tert-OH is 2. The van der Waals surface area contributed by atoms with Crippen LogP contribution in [0.25, 0.3) is 0 Å². The number of aromatic hydroxyl groups is 4. The zero-order valence-electron chi connectivity index (χ0n) is 42.6. The van der Waals surface area contributed by atoms with Gasteiger partial charge in [0.2, 0.25) is 31.0 Å². The molecule has 0 saturated carbocycles. The number of hydrogen-bond acceptors (Lipinski definition) is 19. The molecule has 20 nitrogen and oxygen atoms in total. The minimum absolute atomic E-state index is 0.00168. The standard InChI is InChI=1S/C28H31N3O7.C27H30N2O8/c1-5-6-36-25-13(2)26-28(38-12-37-26)22-15(25)9-17-23-21-14(8-20(33)27(35-4)24(21)34)7-16(30(23)3)18(10-29)31(17)19(22)11-32;1-5-6-35-23-12(2)24-26(37-11-36-24)20-14(23)9-15-21-19-13(8-18(31)25(34-4)22(19)32)7-16(28(21)3)27(33)29(15)17(20)10-30/h5,8,16-19,23,32-34H,1,6-7,9,11-12H2,2-4H3;5,8,15-17,21,30-32H,1,6-7,9-11H2,2-4H3/t16-,17-,18-,19?,23-;15-,16-,17?,21-/m00/s1. The molecule has 2 unspecified atom stereocenters. The van der Waals surface area contributed by atoms with Gasteiger partial charge in [0.15, 0.2) is 46.0 Å². The third-order valence-corrected chi connectivity index (χ3v) is 16.8. The van der Waals surface area contributed by atoms with Crippen molar-refractivity contribution in [2.45, 2.75) is 93.9 Å². The van der Waals surface area contributed by atoms with Crippen molar-refractivity contribution in [2.75, 3.05) is 68.3 Å². The Kier molecular flexibility index (Phi) is 12.5. The lowest BCUT2D eigenvalue weighted by atomic mass is 9.72. The molecule has 9 atom stereocenters. The largest absolute Gasteiger partial charge is 0.504 e. The number of carbonyl (C=O) groups excluding carboxylic acids is 1. The van der Waals surface area contributed by atoms with Gasteiger partial charge in [-0.1, -0.05) is 25.3 Å². The number of likely N-dealkylation sites (N-methyl/N-ethyl adjacent to an activating group) is 2. The second-order valence-electron chi connectivity index (χ2n) is 20.1. The number of phenols is 4. The normalized spacial score (nSPS) is 26.2. The SMILES string of the molecule is C=CCOc1c(C)c2c(c3c1C[C@H]1[C@H]4c5c(cc(O)c(OC)c5O)C[C@@H](C(=O)N1C3CO)N4C)OCO2.C=CCOc1c(C)c2c(c3c1C[C@H]1[C@H]4c5c(cc(O)c(OC)c5O)C[C@@H]([C@H](C#N)N1C3CO)N4C)OCO2. The van der Waals surface area contributed by atoms with Gasteiger partial charge in [0, 0.05) is 56.6 Å². The number of piperazine rings is 2. The minimum Gasteiger partial charge on any atom is -0.504 e. The van der Waals surface area contributed by atoms with E-state index in [1.807, 2.05) is 32.8 Å². The van der Waals surface area contributed by atoms with E-state index in [-0.39, 0.29) is 98.5 Å². The lowest BCUT2D eigenvalue weighted by Crippen LogP contribution is -2.68. The van der Waals surface area contributed by atoms with Gasteiger partial charge in [-0.15, -0.1) is 0 Å². The molecule has 0 radical (unpaired) electrons. The van der Waals surface area contributed by atoms with Crippen LogP contribution < -0.4 is 37.9 Å². The Morgan fingerprint density at radius 2 is 1.15 bits per heavy atom. The summed E-state index contributed by atoms with van der Waals surface area (Å²) >= 11 is 0. The van der Waals surface area contributed by atoms with Crippen LogP contribution in [-0.2, 0) is 30.5 Å². The number of fused-ring (bicyclic) bond motifs is 18. The summed E-state index contributed by atoms with van der Waals surface area (Å²) in [5, 5.41) is 75.5. The summed E-state index contributed by atoms with van der Waals surface area (Å²) < 4.78 is 46.3. The van der Waals surface area contributed by atoms with Crippen LogP contribution in [0.4, 0.5) is 0 Å². The van der Waals surface area contributed by atoms with Gasteiger partial charge in [0.05, 0.1) is 69.8 Å². The zero-order valence-corrected chi connectivity index (χ0v) is 42.6. The number of ether oxygens (including phenoxy) is 8. The maximum absolute atomic E-state index is 14.0. The third-order valence-electron chi connectivity index (χ3n) is 16.8. The topological polar surface area (TPSA) is 249 Å². The van der Waals surface area contributed by atoms with E-state index in [0.717, 1.165) is 33.4 Å². The molecule has 8 aliphatic heterocycles. The van der Waals surface area contributed by atoms with Gasteiger partial charge in [-0.25, -0.2) is 0 Å². The van der Waals surface area contributed by atoms with Gasteiger partial charge in [-0.05, 0) is 76.9 Å². The number of nitriles is 1. The summed E-state index contributed by atoms with van der Waals surface area (Å²) in [4.78, 5) is 21.9. The van der Waals surface area contributed by atoms with Crippen molar-refractivity contribution >= 4 is 5.91 Å². The monoisotopic (exact) mass is 1030 g/mol. The highest BCUT2D eigenvalue weighted by atomic mass is 16.7. The van der Waals surface area contributed by atoms with Crippen molar-refractivity contribution in [3.05, 3.63) is 93.1 Å². The van der Waals surface area contributed by atoms with Crippen molar-refractivity contribution in [1.82, 2.24) is 19.6 Å². The number of benzene rings is 4. The quantitative estimate of drug-likeness (QED) is 0.119. The van der Waals surface area contributed by atoms with Crippen LogP contribution in [0.3, 0.4) is 0 Å². The van der Waals surface area contributed by atoms with E-state index in [1.54, 1.807) is 29.2 Å². The zero-order chi connectivity index (χ0) is 53.0. The smallest absolute Gasteiger partial charge is 0.241 e. The van der Waals surface area contributed by atoms with Crippen molar-refractivity contribution < 1.29 is 73.3 Å². The molecular weight excluding hydrogens is 971 g/mol. The molecule has 8 aliphatic rings. The van der Waals surface area contributed by atoms with Gasteiger partial charge >= 0.3 is 0 Å². The number of methoxy groups -OCH3 is 2. The molecule has 2 fully saturated rings. The average molecular weight is 1030 g/mol. The van der Waals surface area contributed by atoms with Crippen LogP contribution in [0.2, 0.25) is 0 Å². The second-order valence-corrected chi connectivity index (χ2v) is 20.1. The van der Waals surface area contributed by atoms with Crippen molar-refractivity contribution in [3.8, 4) is 75.1 Å². The fourth-order valence-corrected chi connectivity index (χ4v) is 13.9. The average Bonchev–Trinajstić information content (AvgIpc) is 4.17. The summed E-state index contributed by atoms with van der Waals surface area (Å²) in [6, 6.07) is 1.62. The van der Waals surface area contributed by atoms with Gasteiger partial charge < -0.3 is 73.4 Å². The fraction of sp³-hybridized carbons (Fsp3) is 0.455. The first-order valence-corrected chi connectivity index (χ1v) is 25.0. The Balaban J connectivity index is 0.000000161. The first kappa shape index (κ1) is 49.9. The number of hydrogen-bond donors (Lipinski definition) is 6. The molecular formula is C55H61N5O15. The number of amides is 1. The minimum atomic E-state index is -0.690. The van der Waals surface area contributed by atoms with Crippen LogP contribution in [0.5, 0.6) is 69.0 Å². The molecule has 0 aromatic heterocycles. The Morgan fingerprint density at radius 1 is 0.667 bits per heavy atom. The predicted octanol–water partition coefficient (Wildman–Crippen LogP) is 4.58. The van der Waals surface area contributed by atoms with E-state index in [1.165, 1.54) is 14.2 Å². The predicted molar refractivity (Wildman–Crippen MR) is 267 cm³/mol. The molecule has 1 amide bonds. The van der Waals surface area contributed by atoms with Crippen LogP contribution in [0.1, 0.15) is 79.8 Å². The van der Waals surface area contributed by atoms with Gasteiger partial charge in [-0.2, -0.15) is 5.26 Å². The van der Waals surface area contributed by atoms with Crippen LogP contribution in [0.15, 0.2) is 37.4 Å². The van der Waals surface area contributed by atoms with E-state index in [0.29, 0.717) is 82.4 Å². The molecule has 0 spiro atoms. The summed E-state index contributed by atoms with van der Waals surface area (Å²) in [7, 11) is 6.63. The molecule has 396 valence electrons. The van der Waals surface area contributed by atoms with Crippen molar-refractivity contribution in [2.24, 2.45) is 0 Å². The van der Waals surface area contributed by atoms with E-state index in [2.05, 4.69) is 29.0 Å². The lowest BCUT2D eigenvalue weighted by molar-refractivity contribution is -0.158. The molecule has 8 heterocycles. The highest BCUT2D eigenvalue weighted by Gasteiger charge is 2.58. The Bertz CT molecular complexity index is 3100. The molecule has 20 heteroatoms. The molecule has 4 bridgehead atoms. The summed E-state index contributed by atoms with van der Waals surface area (Å²) in [5.74, 6) is 2.87. The number of nitrogens with zero attached hydrogens (tertiary/aromatic N) is 5. The van der Waals surface area contributed by atoms with E-state index >= 15 is 0 Å². The van der Waals surface area contributed by atoms with Crippen molar-refractivity contribution in [3.63, 3.8) is 0 Å². The van der Waals surface area contributed by atoms with Crippen molar-refractivity contribution in [1.29, 1.82) is 5.26 Å². The Hall–Kier alpha value is -7.28. The maximum atomic E-state index is 14.0. The van der Waals surface area contributed by atoms with Gasteiger partial charge in [-0.3, -0.25) is 19.5 Å². The number of rotatable bonds is 10. The summed E-state index contributed by atoms with van der Waals surface area (Å²) in [6.07, 6.45) is 4.95. The molecule has 75 heavy (non-hydrogen) atoms. The number of phenolic OH excluding ortho intramolecular Hbond substituents is 4. The maximum Gasteiger partial charge on any atom is 0.241 e. The van der Waals surface area contributed by atoms with Crippen LogP contribution in [0, 0.1) is 25.2 Å². The fourth-order valence-electron chi connectivity index (χ4n) is 13.9. The first-order chi connectivity index (χ1) is 36.2. The third kappa shape index (κ3) is 7.08. The highest BCUT2D eigenvalue weighted by Crippen LogP contribution is 2.61. The van der Waals surface area contributed by atoms with Crippen LogP contribution >= 0.6 is 0 Å². The van der Waals surface area contributed by atoms with Gasteiger partial charge in [0.25, 0.3) is 0 Å². The molecule has 6 N–H and O–H groups in total. The summed E-state index contributed by atoms with van der Waals surface area (Å²) in [6.45, 7) is 11.5. The number of carbonyl (C=O) groups is 1. The molecule has 4 aromatic rings. The molecule has 4 aromatic carbocycles. The van der Waals surface area contributed by atoms with E-state index < -0.39 is 36.3 Å². The van der Waals surface area contributed by atoms with E-state index in [4.69, 9.17) is 37.9 Å². The Labute approximate surface area is 433 Å². The van der Waals surface area contributed by atoms with Gasteiger partial charge in [0.1, 0.15) is 30.8 Å². The highest BCUT2D eigenvalue weighted by molar-refractivity contribution is 5.87. The molecule has 0 aliphatic carbocycles. The molecule has 2 saturated heterocycles. The summed E-state index contributed by atoms with van der Waals surface area (Å²) in [5.41, 5.74) is 7.54. The van der Waals surface area contributed by atoms with E-state index in [9.17, 15) is 40.7 Å². The number of aliphatic hydroxyl groups is 2. The molecule has 12 rings (SSSR count). The van der Waals surface area contributed by atoms with Crippen LogP contribution in [-0.4, -0.2) is 155 Å². The lowest BCUT2D eigenvalue weighted by Gasteiger charge is -2.59. The Morgan fingerprint density at radius 3 is 1.64 bits per heavy atom.